The zero-order valence-electron chi connectivity index (χ0n) is 12.8. The predicted octanol–water partition coefficient (Wildman–Crippen LogP) is 2.61. The van der Waals surface area contributed by atoms with E-state index < -0.39 is 0 Å². The van der Waals surface area contributed by atoms with Crippen molar-refractivity contribution in [3.63, 3.8) is 0 Å². The van der Waals surface area contributed by atoms with Crippen LogP contribution < -0.4 is 10.6 Å². The van der Waals surface area contributed by atoms with E-state index in [0.717, 1.165) is 24.0 Å². The van der Waals surface area contributed by atoms with Crippen LogP contribution in [0.3, 0.4) is 0 Å². The lowest BCUT2D eigenvalue weighted by atomic mass is 10.1. The van der Waals surface area contributed by atoms with Crippen molar-refractivity contribution in [3.8, 4) is 0 Å². The zero-order chi connectivity index (χ0) is 16.1. The molecule has 1 aromatic heterocycles. The van der Waals surface area contributed by atoms with Crippen molar-refractivity contribution < 1.29 is 9.18 Å². The minimum Gasteiger partial charge on any atom is -0.354 e. The molecule has 3 rings (SSSR count). The lowest BCUT2D eigenvalue weighted by Gasteiger charge is -2.14. The molecular formula is C17H19FN4O. The second-order valence-corrected chi connectivity index (χ2v) is 5.60. The number of carbonyl (C=O) groups excluding carboxylic acids is 1. The number of rotatable bonds is 6. The third-order valence-corrected chi connectivity index (χ3v) is 3.95. The van der Waals surface area contributed by atoms with Gasteiger partial charge in [-0.2, -0.15) is 0 Å². The van der Waals surface area contributed by atoms with Gasteiger partial charge in [-0.1, -0.05) is 6.07 Å². The lowest BCUT2D eigenvalue weighted by molar-refractivity contribution is -0.121. The summed E-state index contributed by atoms with van der Waals surface area (Å²) in [6.07, 6.45) is 6.12. The number of aromatic nitrogens is 2. The number of nitrogens with zero attached hydrogens (tertiary/aromatic N) is 2. The number of fused-ring (bicyclic) bond motifs is 1. The SMILES string of the molecule is O=C(CCCNc1ncccn1)N[C@H]1CCc2cc(F)ccc21. The fourth-order valence-electron chi connectivity index (χ4n) is 2.84. The van der Waals surface area contributed by atoms with Crippen molar-refractivity contribution in [1.29, 1.82) is 0 Å². The van der Waals surface area contributed by atoms with Crippen molar-refractivity contribution >= 4 is 11.9 Å². The normalized spacial score (nSPS) is 16.0. The maximum absolute atomic E-state index is 13.2. The van der Waals surface area contributed by atoms with Crippen LogP contribution in [0.4, 0.5) is 10.3 Å². The summed E-state index contributed by atoms with van der Waals surface area (Å²) in [6.45, 7) is 0.643. The van der Waals surface area contributed by atoms with Crippen molar-refractivity contribution in [1.82, 2.24) is 15.3 Å². The van der Waals surface area contributed by atoms with Gasteiger partial charge in [0.1, 0.15) is 5.82 Å². The Bertz CT molecular complexity index is 678. The Balaban J connectivity index is 1.42. The Morgan fingerprint density at radius 1 is 1.30 bits per heavy atom. The summed E-state index contributed by atoms with van der Waals surface area (Å²) in [5.74, 6) is 0.368. The van der Waals surface area contributed by atoms with Crippen molar-refractivity contribution in [2.75, 3.05) is 11.9 Å². The van der Waals surface area contributed by atoms with Gasteiger partial charge in [0, 0.05) is 25.4 Å². The predicted molar refractivity (Wildman–Crippen MR) is 85.4 cm³/mol. The highest BCUT2D eigenvalue weighted by atomic mass is 19.1. The van der Waals surface area contributed by atoms with Crippen LogP contribution in [0.2, 0.25) is 0 Å². The largest absolute Gasteiger partial charge is 0.354 e. The molecule has 0 radical (unpaired) electrons. The van der Waals surface area contributed by atoms with Crippen LogP contribution in [0.5, 0.6) is 0 Å². The Hall–Kier alpha value is -2.50. The van der Waals surface area contributed by atoms with Crippen LogP contribution in [-0.2, 0) is 11.2 Å². The number of amides is 1. The Morgan fingerprint density at radius 2 is 2.13 bits per heavy atom. The molecule has 1 atom stereocenters. The molecule has 0 aliphatic heterocycles. The molecule has 0 spiro atoms. The monoisotopic (exact) mass is 314 g/mol. The van der Waals surface area contributed by atoms with E-state index in [2.05, 4.69) is 20.6 Å². The summed E-state index contributed by atoms with van der Waals surface area (Å²) < 4.78 is 13.2. The quantitative estimate of drug-likeness (QED) is 0.804. The van der Waals surface area contributed by atoms with Gasteiger partial charge in [0.2, 0.25) is 11.9 Å². The number of nitrogens with one attached hydrogen (secondary N) is 2. The molecule has 1 amide bonds. The molecule has 0 unspecified atom stereocenters. The molecule has 1 heterocycles. The summed E-state index contributed by atoms with van der Waals surface area (Å²) in [5, 5.41) is 6.10. The molecule has 23 heavy (non-hydrogen) atoms. The molecule has 5 nitrogen and oxygen atoms in total. The highest BCUT2D eigenvalue weighted by Gasteiger charge is 2.23. The lowest BCUT2D eigenvalue weighted by Crippen LogP contribution is -2.27. The maximum Gasteiger partial charge on any atom is 0.222 e. The van der Waals surface area contributed by atoms with E-state index in [1.54, 1.807) is 30.6 Å². The van der Waals surface area contributed by atoms with Gasteiger partial charge in [0.05, 0.1) is 6.04 Å². The van der Waals surface area contributed by atoms with E-state index in [9.17, 15) is 9.18 Å². The van der Waals surface area contributed by atoms with E-state index in [1.165, 1.54) is 6.07 Å². The Morgan fingerprint density at radius 3 is 2.96 bits per heavy atom. The van der Waals surface area contributed by atoms with Gasteiger partial charge in [-0.15, -0.1) is 0 Å². The van der Waals surface area contributed by atoms with Crippen molar-refractivity contribution in [2.45, 2.75) is 31.7 Å². The molecule has 0 saturated carbocycles. The standard InChI is InChI=1S/C17H19FN4O/c18-13-5-6-14-12(11-13)4-7-15(14)22-16(23)3-1-8-19-17-20-9-2-10-21-17/h2,5-6,9-11,15H,1,3-4,7-8H2,(H,22,23)(H,19,20,21)/t15-/m0/s1. The van der Waals surface area contributed by atoms with Crippen molar-refractivity contribution in [3.05, 3.63) is 53.6 Å². The van der Waals surface area contributed by atoms with Gasteiger partial charge >= 0.3 is 0 Å². The minimum absolute atomic E-state index is 0.00326. The molecular weight excluding hydrogens is 295 g/mol. The van der Waals surface area contributed by atoms with Crippen molar-refractivity contribution in [2.24, 2.45) is 0 Å². The molecule has 2 aromatic rings. The van der Waals surface area contributed by atoms with E-state index >= 15 is 0 Å². The number of benzene rings is 1. The van der Waals surface area contributed by atoms with Crippen LogP contribution in [-0.4, -0.2) is 22.4 Å². The summed E-state index contributed by atoms with van der Waals surface area (Å²) in [5.41, 5.74) is 2.04. The first kappa shape index (κ1) is 15.4. The van der Waals surface area contributed by atoms with Gasteiger partial charge < -0.3 is 10.6 Å². The second kappa shape index (κ2) is 7.17. The molecule has 6 heteroatoms. The van der Waals surface area contributed by atoms with Gasteiger partial charge in [-0.05, 0) is 48.6 Å². The molecule has 120 valence electrons. The second-order valence-electron chi connectivity index (χ2n) is 5.60. The summed E-state index contributed by atoms with van der Waals surface area (Å²) >= 11 is 0. The fourth-order valence-corrected chi connectivity index (χ4v) is 2.84. The third-order valence-electron chi connectivity index (χ3n) is 3.95. The first-order valence-corrected chi connectivity index (χ1v) is 7.81. The molecule has 0 fully saturated rings. The summed E-state index contributed by atoms with van der Waals surface area (Å²) in [7, 11) is 0. The Kier molecular flexibility index (Phi) is 4.80. The highest BCUT2D eigenvalue weighted by Crippen LogP contribution is 2.31. The molecule has 2 N–H and O–H groups in total. The number of hydrogen-bond donors (Lipinski definition) is 2. The number of aryl methyl sites for hydroxylation is 1. The average molecular weight is 314 g/mol. The highest BCUT2D eigenvalue weighted by molar-refractivity contribution is 5.76. The maximum atomic E-state index is 13.2. The smallest absolute Gasteiger partial charge is 0.222 e. The summed E-state index contributed by atoms with van der Waals surface area (Å²) in [4.78, 5) is 20.2. The molecule has 1 aromatic carbocycles. The summed E-state index contributed by atoms with van der Waals surface area (Å²) in [6, 6.07) is 6.54. The topological polar surface area (TPSA) is 66.9 Å². The van der Waals surface area contributed by atoms with E-state index in [1.807, 2.05) is 0 Å². The van der Waals surface area contributed by atoms with Crippen LogP contribution in [0.15, 0.2) is 36.7 Å². The molecule has 0 saturated heterocycles. The molecule has 0 bridgehead atoms. The van der Waals surface area contributed by atoms with Gasteiger partial charge in [0.25, 0.3) is 0 Å². The Labute approximate surface area is 134 Å². The van der Waals surface area contributed by atoms with Crippen LogP contribution in [0, 0.1) is 5.82 Å². The zero-order valence-corrected chi connectivity index (χ0v) is 12.8. The van der Waals surface area contributed by atoms with E-state index in [4.69, 9.17) is 0 Å². The minimum atomic E-state index is -0.218. The first-order chi connectivity index (χ1) is 11.2. The van der Waals surface area contributed by atoms with Crippen LogP contribution in [0.1, 0.15) is 36.4 Å². The van der Waals surface area contributed by atoms with Gasteiger partial charge in [-0.3, -0.25) is 4.79 Å². The van der Waals surface area contributed by atoms with Gasteiger partial charge in [-0.25, -0.2) is 14.4 Å². The number of halogens is 1. The third kappa shape index (κ3) is 4.03. The van der Waals surface area contributed by atoms with Crippen LogP contribution in [0.25, 0.3) is 0 Å². The fraction of sp³-hybridized carbons (Fsp3) is 0.353. The van der Waals surface area contributed by atoms with E-state index in [0.29, 0.717) is 25.3 Å². The van der Waals surface area contributed by atoms with E-state index in [-0.39, 0.29) is 17.8 Å². The molecule has 1 aliphatic carbocycles. The molecule has 1 aliphatic rings. The number of hydrogen-bond acceptors (Lipinski definition) is 4. The van der Waals surface area contributed by atoms with Crippen LogP contribution >= 0.6 is 0 Å². The average Bonchev–Trinajstić information content (AvgIpc) is 2.94. The first-order valence-electron chi connectivity index (χ1n) is 7.81. The number of carbonyl (C=O) groups is 1. The van der Waals surface area contributed by atoms with Gasteiger partial charge in [0.15, 0.2) is 0 Å². The number of anilines is 1.